The lowest BCUT2D eigenvalue weighted by Crippen LogP contribution is -2.23. The van der Waals surface area contributed by atoms with Gasteiger partial charge in [0.2, 0.25) is 0 Å². The van der Waals surface area contributed by atoms with E-state index in [0.717, 1.165) is 11.3 Å². The summed E-state index contributed by atoms with van der Waals surface area (Å²) < 4.78 is 5.54. The predicted octanol–water partition coefficient (Wildman–Crippen LogP) is 0.355. The summed E-state index contributed by atoms with van der Waals surface area (Å²) in [5.74, 6) is -1.21. The highest BCUT2D eigenvalue weighted by molar-refractivity contribution is 7.16. The number of hydrogen-bond donors (Lipinski definition) is 3. The van der Waals surface area contributed by atoms with Gasteiger partial charge in [-0.25, -0.2) is 9.59 Å². The molecule has 2 rings (SSSR count). The van der Waals surface area contributed by atoms with Crippen LogP contribution >= 0.6 is 11.3 Å². The fourth-order valence-electron chi connectivity index (χ4n) is 1.51. The first kappa shape index (κ1) is 15.8. The summed E-state index contributed by atoms with van der Waals surface area (Å²) in [6, 6.07) is 1.36. The Bertz CT molecular complexity index is 745. The third-order valence-corrected chi connectivity index (χ3v) is 3.65. The molecule has 1 amide bonds. The SMILES string of the molecule is CCCOC(=O)NCc1cc(C(=O)O)c(Nn2c(=O)c2=O)s1. The molecule has 22 heavy (non-hydrogen) atoms. The second-order valence-corrected chi connectivity index (χ2v) is 5.44. The van der Waals surface area contributed by atoms with Gasteiger partial charge < -0.3 is 15.2 Å². The summed E-state index contributed by atoms with van der Waals surface area (Å²) >= 11 is 1.02. The van der Waals surface area contributed by atoms with Crippen LogP contribution in [0.1, 0.15) is 28.6 Å². The smallest absolute Gasteiger partial charge is 0.407 e. The van der Waals surface area contributed by atoms with E-state index in [-0.39, 0.29) is 17.1 Å². The van der Waals surface area contributed by atoms with Gasteiger partial charge in [-0.3, -0.25) is 15.0 Å². The Morgan fingerprint density at radius 3 is 2.59 bits per heavy atom. The lowest BCUT2D eigenvalue weighted by molar-refractivity contribution is 0.0698. The van der Waals surface area contributed by atoms with Crippen LogP contribution in [0.3, 0.4) is 0 Å². The summed E-state index contributed by atoms with van der Waals surface area (Å²) in [5.41, 5.74) is 0.891. The quantitative estimate of drug-likeness (QED) is 0.626. The van der Waals surface area contributed by atoms with Gasteiger partial charge in [-0.2, -0.15) is 4.68 Å². The lowest BCUT2D eigenvalue weighted by atomic mass is 10.3. The van der Waals surface area contributed by atoms with Crippen molar-refractivity contribution in [3.63, 3.8) is 0 Å². The zero-order valence-electron chi connectivity index (χ0n) is 11.5. The van der Waals surface area contributed by atoms with Crippen molar-refractivity contribution < 1.29 is 19.4 Å². The second-order valence-electron chi connectivity index (χ2n) is 4.31. The molecule has 3 N–H and O–H groups in total. The maximum Gasteiger partial charge on any atom is 0.407 e. The number of aromatic carboxylic acids is 1. The van der Waals surface area contributed by atoms with Crippen molar-refractivity contribution in [1.82, 2.24) is 9.99 Å². The Hall–Kier alpha value is -2.62. The van der Waals surface area contributed by atoms with Crippen molar-refractivity contribution in [2.24, 2.45) is 0 Å². The fourth-order valence-corrected chi connectivity index (χ4v) is 2.49. The number of nitrogens with zero attached hydrogens (tertiary/aromatic N) is 1. The Labute approximate surface area is 127 Å². The third kappa shape index (κ3) is 3.52. The van der Waals surface area contributed by atoms with Gasteiger partial charge in [-0.1, -0.05) is 6.92 Å². The predicted molar refractivity (Wildman–Crippen MR) is 78.1 cm³/mol. The first-order chi connectivity index (χ1) is 10.4. The molecule has 0 saturated carbocycles. The summed E-state index contributed by atoms with van der Waals surface area (Å²) in [6.45, 7) is 2.24. The molecule has 0 aliphatic heterocycles. The Morgan fingerprint density at radius 2 is 2.05 bits per heavy atom. The molecule has 0 fully saturated rings. The van der Waals surface area contributed by atoms with Crippen LogP contribution in [-0.2, 0) is 11.3 Å². The first-order valence-electron chi connectivity index (χ1n) is 6.35. The molecule has 0 spiro atoms. The number of anilines is 1. The molecule has 0 aromatic carbocycles. The van der Waals surface area contributed by atoms with Crippen LogP contribution in [0, 0.1) is 0 Å². The highest BCUT2D eigenvalue weighted by Gasteiger charge is 2.21. The normalized spacial score (nSPS) is 10.6. The van der Waals surface area contributed by atoms with Crippen molar-refractivity contribution in [3.05, 3.63) is 37.2 Å². The van der Waals surface area contributed by atoms with Gasteiger partial charge in [0.15, 0.2) is 0 Å². The molecule has 0 aliphatic carbocycles. The number of carboxylic acid groups (broad SMARTS) is 1. The lowest BCUT2D eigenvalue weighted by Gasteiger charge is -2.04. The molecule has 2 aromatic heterocycles. The molecule has 0 unspecified atom stereocenters. The number of thiophene rings is 1. The van der Waals surface area contributed by atoms with Gasteiger partial charge in [0.1, 0.15) is 5.00 Å². The second kappa shape index (κ2) is 6.43. The zero-order valence-corrected chi connectivity index (χ0v) is 12.4. The molecule has 0 atom stereocenters. The van der Waals surface area contributed by atoms with Gasteiger partial charge in [-0.05, 0) is 12.5 Å². The van der Waals surface area contributed by atoms with Crippen LogP contribution in [0.4, 0.5) is 9.80 Å². The van der Waals surface area contributed by atoms with Crippen molar-refractivity contribution in [3.8, 4) is 0 Å². The van der Waals surface area contributed by atoms with E-state index >= 15 is 0 Å². The maximum absolute atomic E-state index is 11.3. The first-order valence-corrected chi connectivity index (χ1v) is 7.17. The molecule has 0 bridgehead atoms. The van der Waals surface area contributed by atoms with E-state index in [2.05, 4.69) is 10.7 Å². The van der Waals surface area contributed by atoms with Crippen molar-refractivity contribution in [2.45, 2.75) is 19.9 Å². The summed E-state index contributed by atoms with van der Waals surface area (Å²) in [4.78, 5) is 44.8. The van der Waals surface area contributed by atoms with E-state index in [1.807, 2.05) is 6.92 Å². The number of hydrogen-bond acceptors (Lipinski definition) is 7. The molecular weight excluding hydrogens is 314 g/mol. The standard InChI is InChI=1S/C12H13N3O6S/c1-2-3-21-12(20)13-5-6-4-7(11(18)19)8(22-6)14-15-9(16)10(15)17/h4,14H,2-3,5H2,1H3,(H,13,20)(H,18,19). The number of aromatic nitrogens is 1. The van der Waals surface area contributed by atoms with E-state index in [9.17, 15) is 19.2 Å². The van der Waals surface area contributed by atoms with E-state index in [4.69, 9.17) is 9.84 Å². The minimum atomic E-state index is -1.21. The highest BCUT2D eigenvalue weighted by atomic mass is 32.1. The minimum absolute atomic E-state index is 0.0804. The van der Waals surface area contributed by atoms with E-state index < -0.39 is 23.2 Å². The fraction of sp³-hybridized carbons (Fsp3) is 0.333. The average Bonchev–Trinajstić information content (AvgIpc) is 2.90. The Kier molecular flexibility index (Phi) is 4.61. The van der Waals surface area contributed by atoms with Crippen molar-refractivity contribution in [1.29, 1.82) is 0 Å². The molecule has 0 aliphatic rings. The topological polar surface area (TPSA) is 127 Å². The molecule has 10 heteroatoms. The maximum atomic E-state index is 11.3. The molecular formula is C12H13N3O6S. The number of carboxylic acids is 1. The highest BCUT2D eigenvalue weighted by Crippen LogP contribution is 2.28. The number of nitrogens with one attached hydrogen (secondary N) is 2. The summed E-state index contributed by atoms with van der Waals surface area (Å²) in [7, 11) is 0. The number of carbonyl (C=O) groups is 2. The molecule has 0 saturated heterocycles. The summed E-state index contributed by atoms with van der Waals surface area (Å²) in [6.07, 6.45) is 0.0968. The van der Waals surface area contributed by atoms with Crippen LogP contribution in [0.25, 0.3) is 0 Å². The van der Waals surface area contributed by atoms with Crippen LogP contribution < -0.4 is 21.9 Å². The van der Waals surface area contributed by atoms with Gasteiger partial charge >= 0.3 is 23.2 Å². The molecule has 0 radical (unpaired) electrons. The largest absolute Gasteiger partial charge is 0.478 e. The Balaban J connectivity index is 2.05. The average molecular weight is 327 g/mol. The van der Waals surface area contributed by atoms with Gasteiger partial charge in [0.25, 0.3) is 0 Å². The van der Waals surface area contributed by atoms with Crippen LogP contribution in [0.2, 0.25) is 0 Å². The van der Waals surface area contributed by atoms with Crippen LogP contribution in [0.5, 0.6) is 0 Å². The van der Waals surface area contributed by atoms with Crippen LogP contribution in [0.15, 0.2) is 15.7 Å². The van der Waals surface area contributed by atoms with E-state index in [0.29, 0.717) is 22.6 Å². The van der Waals surface area contributed by atoms with Gasteiger partial charge in [0.05, 0.1) is 18.7 Å². The third-order valence-electron chi connectivity index (χ3n) is 2.61. The van der Waals surface area contributed by atoms with Gasteiger partial charge in [-0.15, -0.1) is 11.3 Å². The van der Waals surface area contributed by atoms with E-state index in [1.54, 1.807) is 0 Å². The monoisotopic (exact) mass is 327 g/mol. The van der Waals surface area contributed by atoms with E-state index in [1.165, 1.54) is 6.07 Å². The molecule has 9 nitrogen and oxygen atoms in total. The summed E-state index contributed by atoms with van der Waals surface area (Å²) in [5, 5.41) is 11.7. The zero-order chi connectivity index (χ0) is 16.3. The number of ether oxygens (including phenoxy) is 1. The van der Waals surface area contributed by atoms with Crippen molar-refractivity contribution in [2.75, 3.05) is 12.0 Å². The van der Waals surface area contributed by atoms with Gasteiger partial charge in [0, 0.05) is 4.88 Å². The number of carbonyl (C=O) groups excluding carboxylic acids is 1. The minimum Gasteiger partial charge on any atom is -0.478 e. The molecule has 118 valence electrons. The Morgan fingerprint density at radius 1 is 1.36 bits per heavy atom. The number of alkyl carbamates (subject to hydrolysis) is 1. The number of amides is 1. The van der Waals surface area contributed by atoms with Crippen LogP contribution in [-0.4, -0.2) is 28.5 Å². The molecule has 2 heterocycles. The van der Waals surface area contributed by atoms with Crippen molar-refractivity contribution >= 4 is 28.4 Å². The molecule has 2 aromatic rings. The number of rotatable bonds is 7.